The molecule has 0 unspecified atom stereocenters. The average molecular weight is 294 g/mol. The van der Waals surface area contributed by atoms with Gasteiger partial charge in [0, 0.05) is 0 Å². The lowest BCUT2D eigenvalue weighted by molar-refractivity contribution is -0.144. The summed E-state index contributed by atoms with van der Waals surface area (Å²) in [5.74, 6) is -0.0156. The Morgan fingerprint density at radius 2 is 2.10 bits per heavy atom. The quantitative estimate of drug-likeness (QED) is 0.658. The number of aromatic nitrogens is 4. The molecular weight excluding hydrogens is 280 g/mol. The van der Waals surface area contributed by atoms with Gasteiger partial charge in [-0.2, -0.15) is 4.68 Å². The van der Waals surface area contributed by atoms with E-state index in [0.717, 1.165) is 0 Å². The van der Waals surface area contributed by atoms with Gasteiger partial charge in [0.05, 0.1) is 17.5 Å². The third-order valence-electron chi connectivity index (χ3n) is 2.22. The van der Waals surface area contributed by atoms with Crippen LogP contribution < -0.4 is 0 Å². The van der Waals surface area contributed by atoms with Crippen molar-refractivity contribution in [2.45, 2.75) is 25.1 Å². The second kappa shape index (κ2) is 6.38. The Kier molecular flexibility index (Phi) is 4.57. The largest absolute Gasteiger partial charge is 0.508 e. The summed E-state index contributed by atoms with van der Waals surface area (Å²) in [6.45, 7) is 3.59. The van der Waals surface area contributed by atoms with Gasteiger partial charge in [-0.05, 0) is 48.5 Å². The molecule has 0 saturated heterocycles. The first-order valence-electron chi connectivity index (χ1n) is 5.96. The number of aromatic hydroxyl groups is 1. The molecule has 0 saturated carbocycles. The molecule has 0 aliphatic rings. The first kappa shape index (κ1) is 14.3. The van der Waals surface area contributed by atoms with E-state index in [-0.39, 0.29) is 23.6 Å². The lowest BCUT2D eigenvalue weighted by Gasteiger charge is -2.07. The van der Waals surface area contributed by atoms with Crippen molar-refractivity contribution in [2.24, 2.45) is 0 Å². The minimum absolute atomic E-state index is 0.136. The molecule has 1 N–H and O–H groups in total. The van der Waals surface area contributed by atoms with Gasteiger partial charge >= 0.3 is 5.97 Å². The van der Waals surface area contributed by atoms with E-state index in [0.29, 0.717) is 10.8 Å². The summed E-state index contributed by atoms with van der Waals surface area (Å²) in [6, 6.07) is 6.45. The Morgan fingerprint density at radius 1 is 1.40 bits per heavy atom. The molecule has 0 atom stereocenters. The molecule has 1 aromatic heterocycles. The van der Waals surface area contributed by atoms with Crippen LogP contribution in [-0.2, 0) is 9.53 Å². The number of carbonyl (C=O) groups is 1. The number of hydrogen-bond donors (Lipinski definition) is 1. The molecule has 106 valence electrons. The van der Waals surface area contributed by atoms with E-state index in [9.17, 15) is 9.90 Å². The van der Waals surface area contributed by atoms with E-state index in [2.05, 4.69) is 15.5 Å². The summed E-state index contributed by atoms with van der Waals surface area (Å²) in [7, 11) is 0. The van der Waals surface area contributed by atoms with E-state index in [1.807, 2.05) is 0 Å². The number of thioether (sulfide) groups is 1. The molecule has 0 aliphatic heterocycles. The highest BCUT2D eigenvalue weighted by Crippen LogP contribution is 2.20. The minimum Gasteiger partial charge on any atom is -0.508 e. The summed E-state index contributed by atoms with van der Waals surface area (Å²) < 4.78 is 6.53. The number of ether oxygens (including phenoxy) is 1. The smallest absolute Gasteiger partial charge is 0.316 e. The second-order valence-corrected chi connectivity index (χ2v) is 5.16. The number of benzene rings is 1. The van der Waals surface area contributed by atoms with E-state index < -0.39 is 0 Å². The summed E-state index contributed by atoms with van der Waals surface area (Å²) in [5, 5.41) is 21.0. The first-order valence-corrected chi connectivity index (χ1v) is 6.95. The fourth-order valence-electron chi connectivity index (χ4n) is 1.45. The number of phenols is 1. The average Bonchev–Trinajstić information content (AvgIpc) is 2.85. The molecule has 8 heteroatoms. The van der Waals surface area contributed by atoms with Crippen LogP contribution in [0.3, 0.4) is 0 Å². The zero-order chi connectivity index (χ0) is 14.5. The molecular formula is C12H14N4O3S. The molecule has 0 spiro atoms. The molecule has 1 heterocycles. The fraction of sp³-hybridized carbons (Fsp3) is 0.333. The van der Waals surface area contributed by atoms with Crippen molar-refractivity contribution in [3.63, 3.8) is 0 Å². The van der Waals surface area contributed by atoms with E-state index in [1.165, 1.54) is 16.4 Å². The second-order valence-electron chi connectivity index (χ2n) is 4.22. The molecule has 20 heavy (non-hydrogen) atoms. The number of rotatable bonds is 5. The maximum Gasteiger partial charge on any atom is 0.316 e. The van der Waals surface area contributed by atoms with Gasteiger partial charge < -0.3 is 9.84 Å². The number of phenolic OH excluding ortho intramolecular Hbond substituents is 1. The van der Waals surface area contributed by atoms with E-state index in [1.54, 1.807) is 38.1 Å². The highest BCUT2D eigenvalue weighted by atomic mass is 32.2. The Balaban J connectivity index is 2.05. The third-order valence-corrected chi connectivity index (χ3v) is 3.11. The van der Waals surface area contributed by atoms with Gasteiger partial charge in [-0.25, -0.2) is 0 Å². The van der Waals surface area contributed by atoms with Gasteiger partial charge in [0.25, 0.3) is 0 Å². The number of carbonyl (C=O) groups excluding carboxylic acids is 1. The highest BCUT2D eigenvalue weighted by molar-refractivity contribution is 7.99. The highest BCUT2D eigenvalue weighted by Gasteiger charge is 2.13. The minimum atomic E-state index is -0.315. The molecule has 2 rings (SSSR count). The number of nitrogens with zero attached hydrogens (tertiary/aromatic N) is 4. The topological polar surface area (TPSA) is 90.1 Å². The predicted molar refractivity (Wildman–Crippen MR) is 72.8 cm³/mol. The van der Waals surface area contributed by atoms with Crippen LogP contribution in [-0.4, -0.2) is 43.1 Å². The Labute approximate surface area is 119 Å². The van der Waals surface area contributed by atoms with Gasteiger partial charge in [0.1, 0.15) is 5.75 Å². The predicted octanol–water partition coefficient (Wildman–Crippen LogP) is 1.41. The van der Waals surface area contributed by atoms with E-state index >= 15 is 0 Å². The summed E-state index contributed by atoms with van der Waals surface area (Å²) >= 11 is 1.19. The van der Waals surface area contributed by atoms with Crippen LogP contribution in [0.1, 0.15) is 13.8 Å². The van der Waals surface area contributed by atoms with Crippen molar-refractivity contribution in [3.05, 3.63) is 24.3 Å². The maximum atomic E-state index is 11.5. The van der Waals surface area contributed by atoms with Gasteiger partial charge in [-0.15, -0.1) is 5.10 Å². The van der Waals surface area contributed by atoms with Crippen molar-refractivity contribution in [2.75, 3.05) is 5.75 Å². The van der Waals surface area contributed by atoms with Crippen LogP contribution in [0.15, 0.2) is 29.4 Å². The van der Waals surface area contributed by atoms with Crippen LogP contribution in [0, 0.1) is 0 Å². The first-order chi connectivity index (χ1) is 9.56. The molecule has 0 fully saturated rings. The molecule has 0 amide bonds. The van der Waals surface area contributed by atoms with Crippen LogP contribution in [0.4, 0.5) is 0 Å². The van der Waals surface area contributed by atoms with Gasteiger partial charge in [0.2, 0.25) is 5.16 Å². The lowest BCUT2D eigenvalue weighted by atomic mass is 10.3. The normalized spacial score (nSPS) is 10.8. The van der Waals surface area contributed by atoms with Crippen LogP contribution in [0.25, 0.3) is 5.69 Å². The molecule has 1 aromatic carbocycles. The maximum absolute atomic E-state index is 11.5. The Hall–Kier alpha value is -2.09. The van der Waals surface area contributed by atoms with Gasteiger partial charge in [-0.3, -0.25) is 4.79 Å². The van der Waals surface area contributed by atoms with Crippen molar-refractivity contribution in [3.8, 4) is 11.4 Å². The number of tetrazole rings is 1. The van der Waals surface area contributed by atoms with Crippen molar-refractivity contribution >= 4 is 17.7 Å². The van der Waals surface area contributed by atoms with Crippen molar-refractivity contribution < 1.29 is 14.6 Å². The van der Waals surface area contributed by atoms with Crippen LogP contribution in [0.5, 0.6) is 5.75 Å². The fourth-order valence-corrected chi connectivity index (χ4v) is 2.12. The molecule has 0 radical (unpaired) electrons. The van der Waals surface area contributed by atoms with Crippen LogP contribution in [0.2, 0.25) is 0 Å². The molecule has 0 aliphatic carbocycles. The Morgan fingerprint density at radius 3 is 2.75 bits per heavy atom. The molecule has 0 bridgehead atoms. The third kappa shape index (κ3) is 3.70. The zero-order valence-electron chi connectivity index (χ0n) is 11.1. The summed E-state index contributed by atoms with van der Waals surface area (Å²) in [5.41, 5.74) is 0.701. The molecule has 2 aromatic rings. The summed E-state index contributed by atoms with van der Waals surface area (Å²) in [6.07, 6.45) is -0.142. The number of hydrogen-bond acceptors (Lipinski definition) is 7. The molecule has 7 nitrogen and oxygen atoms in total. The lowest BCUT2D eigenvalue weighted by Crippen LogP contribution is -2.13. The number of esters is 1. The monoisotopic (exact) mass is 294 g/mol. The van der Waals surface area contributed by atoms with Gasteiger partial charge in [-0.1, -0.05) is 11.8 Å². The van der Waals surface area contributed by atoms with Crippen molar-refractivity contribution in [1.29, 1.82) is 0 Å². The van der Waals surface area contributed by atoms with Crippen molar-refractivity contribution in [1.82, 2.24) is 20.2 Å². The Bertz CT molecular complexity index is 583. The van der Waals surface area contributed by atoms with E-state index in [4.69, 9.17) is 4.74 Å². The standard InChI is InChI=1S/C12H14N4O3S/c1-8(2)19-11(18)7-20-12-13-14-15-16(12)9-3-5-10(17)6-4-9/h3-6,8,17H,7H2,1-2H3. The zero-order valence-corrected chi connectivity index (χ0v) is 11.9. The van der Waals surface area contributed by atoms with Crippen LogP contribution >= 0.6 is 11.8 Å². The summed E-state index contributed by atoms with van der Waals surface area (Å²) in [4.78, 5) is 11.5. The SMILES string of the molecule is CC(C)OC(=O)CSc1nnnn1-c1ccc(O)cc1. The van der Waals surface area contributed by atoms with Gasteiger partial charge in [0.15, 0.2) is 0 Å².